The van der Waals surface area contributed by atoms with Gasteiger partial charge in [0.15, 0.2) is 12.4 Å². The fourth-order valence-corrected chi connectivity index (χ4v) is 7.91. The Balaban J connectivity index is 4.18. The maximum atomic E-state index is 12.8. The second-order valence-corrected chi connectivity index (χ2v) is 19.9. The lowest BCUT2D eigenvalue weighted by molar-refractivity contribution is -0.870. The molecular formula is C57H105NO8. The van der Waals surface area contributed by atoms with E-state index >= 15 is 0 Å². The third-order valence-electron chi connectivity index (χ3n) is 12.2. The molecule has 0 bridgehead atoms. The second kappa shape index (κ2) is 48.9. The largest absolute Gasteiger partial charge is 0.545 e. The van der Waals surface area contributed by atoms with E-state index in [1.165, 1.54) is 148 Å². The normalized spacial score (nSPS) is 13.0. The first-order chi connectivity index (χ1) is 32.1. The molecule has 0 radical (unpaired) electrons. The van der Waals surface area contributed by atoms with Crippen LogP contribution in [0.25, 0.3) is 0 Å². The van der Waals surface area contributed by atoms with Crippen molar-refractivity contribution >= 4 is 17.9 Å². The van der Waals surface area contributed by atoms with E-state index in [9.17, 15) is 19.5 Å². The Labute approximate surface area is 407 Å². The van der Waals surface area contributed by atoms with Crippen LogP contribution in [0.1, 0.15) is 251 Å². The summed E-state index contributed by atoms with van der Waals surface area (Å²) in [4.78, 5) is 37.2. The Morgan fingerprint density at radius 2 is 0.864 bits per heavy atom. The summed E-state index contributed by atoms with van der Waals surface area (Å²) in [7, 11) is 5.91. The Hall–Kier alpha value is -2.49. The van der Waals surface area contributed by atoms with Crippen molar-refractivity contribution < 1.29 is 42.9 Å². The van der Waals surface area contributed by atoms with Gasteiger partial charge in [-0.05, 0) is 44.9 Å². The van der Waals surface area contributed by atoms with Crippen molar-refractivity contribution in [1.82, 2.24) is 0 Å². The molecule has 0 aromatic carbocycles. The monoisotopic (exact) mass is 932 g/mol. The zero-order valence-electron chi connectivity index (χ0n) is 43.8. The highest BCUT2D eigenvalue weighted by Gasteiger charge is 2.22. The smallest absolute Gasteiger partial charge is 0.306 e. The summed E-state index contributed by atoms with van der Waals surface area (Å²) in [5, 5.41) is 11.7. The first-order valence-corrected chi connectivity index (χ1v) is 27.6. The van der Waals surface area contributed by atoms with E-state index in [1.807, 2.05) is 21.1 Å². The van der Waals surface area contributed by atoms with Crippen LogP contribution in [0.4, 0.5) is 0 Å². The predicted octanol–water partition coefficient (Wildman–Crippen LogP) is 14.4. The number of carboxylic acids is 1. The maximum Gasteiger partial charge on any atom is 0.306 e. The minimum absolute atomic E-state index is 0.145. The molecule has 0 amide bonds. The first-order valence-electron chi connectivity index (χ1n) is 27.6. The lowest BCUT2D eigenvalue weighted by Crippen LogP contribution is -2.44. The molecule has 0 spiro atoms. The van der Waals surface area contributed by atoms with E-state index in [0.717, 1.165) is 70.6 Å². The summed E-state index contributed by atoms with van der Waals surface area (Å²) in [6.45, 7) is 4.64. The SMILES string of the molecule is CC/C=C\C/C=C\C/C=C\CCCCCCCC(=O)OC(COC(=O)CCCCCCCCCCCCCCCCCCCCCCCCCCCC)COC(OCC[N+](C)(C)C)C(=O)[O-]. The molecule has 0 aliphatic rings. The van der Waals surface area contributed by atoms with Crippen LogP contribution in [-0.4, -0.2) is 82.3 Å². The van der Waals surface area contributed by atoms with Crippen molar-refractivity contribution in [2.24, 2.45) is 0 Å². The number of likely N-dealkylation sites (N-methyl/N-ethyl adjacent to an activating group) is 1. The zero-order valence-corrected chi connectivity index (χ0v) is 43.8. The van der Waals surface area contributed by atoms with Crippen LogP contribution in [0.3, 0.4) is 0 Å². The molecule has 0 saturated carbocycles. The molecule has 0 heterocycles. The highest BCUT2D eigenvalue weighted by molar-refractivity contribution is 5.70. The van der Waals surface area contributed by atoms with Gasteiger partial charge in [-0.3, -0.25) is 9.59 Å². The molecule has 0 N–H and O–H groups in total. The van der Waals surface area contributed by atoms with E-state index in [2.05, 4.69) is 50.3 Å². The van der Waals surface area contributed by atoms with Crippen molar-refractivity contribution in [3.05, 3.63) is 36.5 Å². The average Bonchev–Trinajstić information content (AvgIpc) is 3.28. The van der Waals surface area contributed by atoms with Crippen LogP contribution in [0.2, 0.25) is 0 Å². The van der Waals surface area contributed by atoms with E-state index in [4.69, 9.17) is 18.9 Å². The molecule has 0 aromatic heterocycles. The molecule has 0 fully saturated rings. The van der Waals surface area contributed by atoms with Crippen LogP contribution >= 0.6 is 0 Å². The van der Waals surface area contributed by atoms with Crippen molar-refractivity contribution in [3.8, 4) is 0 Å². The Kier molecular flexibility index (Phi) is 47.1. The van der Waals surface area contributed by atoms with Crippen molar-refractivity contribution in [2.45, 2.75) is 264 Å². The van der Waals surface area contributed by atoms with Crippen LogP contribution in [-0.2, 0) is 33.3 Å². The number of rotatable bonds is 51. The van der Waals surface area contributed by atoms with Gasteiger partial charge in [0, 0.05) is 12.8 Å². The number of esters is 2. The van der Waals surface area contributed by atoms with Gasteiger partial charge in [-0.25, -0.2) is 0 Å². The number of unbranched alkanes of at least 4 members (excludes halogenated alkanes) is 30. The number of aliphatic carboxylic acids is 1. The molecule has 0 aliphatic heterocycles. The summed E-state index contributed by atoms with van der Waals surface area (Å²) < 4.78 is 22.6. The van der Waals surface area contributed by atoms with E-state index in [0.29, 0.717) is 23.9 Å². The minimum Gasteiger partial charge on any atom is -0.545 e. The number of hydrogen-bond acceptors (Lipinski definition) is 8. The fraction of sp³-hybridized carbons (Fsp3) is 0.842. The molecule has 0 rings (SSSR count). The molecule has 9 nitrogen and oxygen atoms in total. The van der Waals surface area contributed by atoms with E-state index in [1.54, 1.807) is 0 Å². The number of ether oxygens (including phenoxy) is 4. The van der Waals surface area contributed by atoms with Crippen molar-refractivity contribution in [2.75, 3.05) is 47.5 Å². The fourth-order valence-electron chi connectivity index (χ4n) is 7.91. The Morgan fingerprint density at radius 3 is 1.29 bits per heavy atom. The average molecular weight is 932 g/mol. The van der Waals surface area contributed by atoms with Gasteiger partial charge < -0.3 is 33.3 Å². The van der Waals surface area contributed by atoms with Gasteiger partial charge in [0.25, 0.3) is 0 Å². The third kappa shape index (κ3) is 49.4. The molecule has 0 aromatic rings. The van der Waals surface area contributed by atoms with E-state index < -0.39 is 24.3 Å². The van der Waals surface area contributed by atoms with Gasteiger partial charge in [-0.2, -0.15) is 0 Å². The number of carbonyl (C=O) groups excluding carboxylic acids is 3. The lowest BCUT2D eigenvalue weighted by Gasteiger charge is -2.26. The van der Waals surface area contributed by atoms with Crippen LogP contribution in [0.5, 0.6) is 0 Å². The zero-order chi connectivity index (χ0) is 48.4. The standard InChI is InChI=1S/C57H105NO8/c1-6-8-10-12-14-16-18-20-22-23-24-25-26-27-28-29-30-31-32-34-35-37-39-41-43-45-47-54(59)64-51-53(52-65-57(56(61)62)63-50-49-58(3,4)5)66-55(60)48-46-44-42-40-38-36-33-21-19-17-15-13-11-9-7-2/h9,11,15,17,21,33,53,57H,6-8,10,12-14,16,18-20,22-32,34-52H2,1-5H3/b11-9-,17-15-,33-21-. The molecule has 2 atom stereocenters. The van der Waals surface area contributed by atoms with E-state index in [-0.39, 0.29) is 32.2 Å². The van der Waals surface area contributed by atoms with Gasteiger partial charge in [0.05, 0.1) is 40.3 Å². The number of quaternary nitrogens is 1. The quantitative estimate of drug-likeness (QED) is 0.0195. The Bertz CT molecular complexity index is 1180. The highest BCUT2D eigenvalue weighted by Crippen LogP contribution is 2.17. The maximum absolute atomic E-state index is 12.8. The van der Waals surface area contributed by atoms with Gasteiger partial charge in [0.2, 0.25) is 0 Å². The topological polar surface area (TPSA) is 111 Å². The predicted molar refractivity (Wildman–Crippen MR) is 274 cm³/mol. The van der Waals surface area contributed by atoms with Crippen LogP contribution in [0.15, 0.2) is 36.5 Å². The molecule has 0 saturated heterocycles. The highest BCUT2D eigenvalue weighted by atomic mass is 16.7. The molecule has 386 valence electrons. The summed E-state index contributed by atoms with van der Waals surface area (Å²) >= 11 is 0. The van der Waals surface area contributed by atoms with Crippen molar-refractivity contribution in [3.63, 3.8) is 0 Å². The first kappa shape index (κ1) is 63.5. The Morgan fingerprint density at radius 1 is 0.470 bits per heavy atom. The summed E-state index contributed by atoms with van der Waals surface area (Å²) in [5.41, 5.74) is 0. The van der Waals surface area contributed by atoms with Crippen molar-refractivity contribution in [1.29, 1.82) is 0 Å². The third-order valence-corrected chi connectivity index (χ3v) is 12.2. The number of hydrogen-bond donors (Lipinski definition) is 0. The molecule has 9 heteroatoms. The van der Waals surface area contributed by atoms with Crippen LogP contribution < -0.4 is 5.11 Å². The molecule has 0 aliphatic carbocycles. The van der Waals surface area contributed by atoms with Crippen LogP contribution in [0, 0.1) is 0 Å². The second-order valence-electron chi connectivity index (χ2n) is 19.9. The van der Waals surface area contributed by atoms with Gasteiger partial charge in [-0.15, -0.1) is 0 Å². The minimum atomic E-state index is -1.62. The summed E-state index contributed by atoms with van der Waals surface area (Å²) in [6, 6.07) is 0. The number of allylic oxidation sites excluding steroid dienone is 6. The number of carboxylic acid groups (broad SMARTS) is 1. The molecule has 2 unspecified atom stereocenters. The van der Waals surface area contributed by atoms with Gasteiger partial charge in [-0.1, -0.05) is 230 Å². The number of nitrogens with zero attached hydrogens (tertiary/aromatic N) is 1. The summed E-state index contributed by atoms with van der Waals surface area (Å²) in [5.74, 6) is -2.30. The summed E-state index contributed by atoms with van der Waals surface area (Å²) in [6.07, 6.45) is 54.9. The lowest BCUT2D eigenvalue weighted by atomic mass is 10.0. The molecule has 66 heavy (non-hydrogen) atoms. The van der Waals surface area contributed by atoms with Gasteiger partial charge >= 0.3 is 11.9 Å². The number of carbonyl (C=O) groups is 3. The molecular weight excluding hydrogens is 827 g/mol. The van der Waals surface area contributed by atoms with Gasteiger partial charge in [0.1, 0.15) is 13.2 Å².